The first-order chi connectivity index (χ1) is 9.42. The lowest BCUT2D eigenvalue weighted by Gasteiger charge is -2.08. The van der Waals surface area contributed by atoms with E-state index in [2.05, 4.69) is 72.0 Å². The van der Waals surface area contributed by atoms with Gasteiger partial charge >= 0.3 is 0 Å². The number of halogens is 3. The first-order valence-corrected chi connectivity index (χ1v) is 19.3. The number of rotatable bonds is 14. The second-order valence-corrected chi connectivity index (χ2v) is 42.4. The van der Waals surface area contributed by atoms with Crippen LogP contribution in [0, 0.1) is 0 Å². The van der Waals surface area contributed by atoms with Gasteiger partial charge in [-0.05, 0) is 19.4 Å². The molecule has 0 aromatic rings. The van der Waals surface area contributed by atoms with E-state index in [9.17, 15) is 0 Å². The van der Waals surface area contributed by atoms with E-state index in [1.54, 1.807) is 0 Å². The summed E-state index contributed by atoms with van der Waals surface area (Å²) in [7, 11) is 0. The lowest BCUT2D eigenvalue weighted by molar-refractivity contribution is 0.151. The van der Waals surface area contributed by atoms with Crippen LogP contribution in [0.25, 0.3) is 0 Å². The average molecular weight is 634 g/mol. The lowest BCUT2D eigenvalue weighted by atomic mass is 10.1. The summed E-state index contributed by atoms with van der Waals surface area (Å²) in [4.78, 5) is 0. The lowest BCUT2D eigenvalue weighted by Crippen LogP contribution is -2.03. The molecule has 0 aromatic heterocycles. The maximum absolute atomic E-state index is 5.50. The molecule has 0 unspecified atom stereocenters. The summed E-state index contributed by atoms with van der Waals surface area (Å²) in [6.07, 6.45) is 12.5. The summed E-state index contributed by atoms with van der Waals surface area (Å²) in [5.41, 5.74) is 1.12. The molecular weight excluding hydrogens is 605 g/mol. The van der Waals surface area contributed by atoms with Gasteiger partial charge in [0.15, 0.2) is 0 Å². The van der Waals surface area contributed by atoms with Gasteiger partial charge in [0.2, 0.25) is 0 Å². The molecule has 0 fully saturated rings. The number of unbranched alkanes of at least 4 members (excludes halogenated alkanes) is 8. The molecule has 0 amide bonds. The maximum atomic E-state index is 5.50. The van der Waals surface area contributed by atoms with E-state index in [0.29, 0.717) is 0 Å². The highest BCUT2D eigenvalue weighted by Gasteiger charge is 2.19. The standard InChI is InChI=1S/C15H29I3OSi/c1-15(2)14-19-12-10-8-6-4-3-5-7-9-11-13-20(16,17)18/h1,3-14H2,2H3. The van der Waals surface area contributed by atoms with Crippen LogP contribution >= 0.6 is 65.4 Å². The third-order valence-electron chi connectivity index (χ3n) is 3.10. The van der Waals surface area contributed by atoms with Gasteiger partial charge in [-0.1, -0.05) is 129 Å². The SMILES string of the molecule is C=C(C)COCCCCCCCCCCC[Si](I)(I)I. The Morgan fingerprint density at radius 3 is 1.75 bits per heavy atom. The summed E-state index contributed by atoms with van der Waals surface area (Å²) in [5.74, 6) is 0. The molecule has 1 nitrogen and oxygen atoms in total. The number of hydrogen-bond donors (Lipinski definition) is 0. The molecule has 0 saturated carbocycles. The molecule has 0 aromatic carbocycles. The second-order valence-electron chi connectivity index (χ2n) is 5.56. The predicted molar refractivity (Wildman–Crippen MR) is 120 cm³/mol. The van der Waals surface area contributed by atoms with Gasteiger partial charge in [0.05, 0.1) is 6.61 Å². The Labute approximate surface area is 165 Å². The van der Waals surface area contributed by atoms with Crippen molar-refractivity contribution in [3.8, 4) is 0 Å². The van der Waals surface area contributed by atoms with Crippen LogP contribution in [0.2, 0.25) is 6.04 Å². The zero-order chi connectivity index (χ0) is 15.3. The third kappa shape index (κ3) is 20.1. The van der Waals surface area contributed by atoms with Crippen LogP contribution < -0.4 is 0 Å². The van der Waals surface area contributed by atoms with Gasteiger partial charge in [0.25, 0.3) is 0.564 Å². The van der Waals surface area contributed by atoms with Crippen LogP contribution in [0.4, 0.5) is 0 Å². The molecule has 0 spiro atoms. The van der Waals surface area contributed by atoms with Crippen molar-refractivity contribution in [2.75, 3.05) is 13.2 Å². The first kappa shape index (κ1) is 22.1. The Balaban J connectivity index is 3.05. The third-order valence-corrected chi connectivity index (χ3v) is 8.87. The minimum absolute atomic E-state index is 0.732. The molecule has 0 aliphatic rings. The topological polar surface area (TPSA) is 9.23 Å². The van der Waals surface area contributed by atoms with Crippen molar-refractivity contribution in [1.82, 2.24) is 0 Å². The zero-order valence-corrected chi connectivity index (χ0v) is 20.2. The molecule has 0 aliphatic heterocycles. The van der Waals surface area contributed by atoms with Crippen molar-refractivity contribution in [1.29, 1.82) is 0 Å². The van der Waals surface area contributed by atoms with Crippen LogP contribution in [0.5, 0.6) is 0 Å². The zero-order valence-electron chi connectivity index (χ0n) is 12.7. The van der Waals surface area contributed by atoms with Gasteiger partial charge < -0.3 is 4.74 Å². The Morgan fingerprint density at radius 1 is 0.850 bits per heavy atom. The van der Waals surface area contributed by atoms with E-state index in [4.69, 9.17) is 4.74 Å². The highest BCUT2D eigenvalue weighted by Crippen LogP contribution is 2.35. The van der Waals surface area contributed by atoms with Crippen molar-refractivity contribution >= 4 is 66.0 Å². The summed E-state index contributed by atoms with van der Waals surface area (Å²) >= 11 is 8.01. The quantitative estimate of drug-likeness (QED) is 0.0640. The van der Waals surface area contributed by atoms with E-state index < -0.39 is 0.564 Å². The van der Waals surface area contributed by atoms with E-state index in [0.717, 1.165) is 18.8 Å². The smallest absolute Gasteiger partial charge is 0.253 e. The summed E-state index contributed by atoms with van der Waals surface area (Å²) in [6, 6.07) is 1.47. The monoisotopic (exact) mass is 634 g/mol. The predicted octanol–water partition coefficient (Wildman–Crippen LogP) is 7.33. The Kier molecular flexibility index (Phi) is 16.2. The van der Waals surface area contributed by atoms with Crippen molar-refractivity contribution in [2.45, 2.75) is 70.8 Å². The van der Waals surface area contributed by atoms with E-state index in [1.807, 2.05) is 6.92 Å². The molecule has 0 N–H and O–H groups in total. The van der Waals surface area contributed by atoms with Crippen LogP contribution in [0.3, 0.4) is 0 Å². The Hall–Kier alpha value is 2.11. The largest absolute Gasteiger partial charge is 0.377 e. The van der Waals surface area contributed by atoms with Gasteiger partial charge in [0.1, 0.15) is 0 Å². The molecule has 0 atom stereocenters. The molecule has 0 radical (unpaired) electrons. The van der Waals surface area contributed by atoms with Crippen molar-refractivity contribution in [3.05, 3.63) is 12.2 Å². The van der Waals surface area contributed by atoms with Crippen molar-refractivity contribution in [2.24, 2.45) is 0 Å². The number of hydrogen-bond acceptors (Lipinski definition) is 1. The van der Waals surface area contributed by atoms with Crippen LogP contribution in [-0.4, -0.2) is 13.8 Å². The molecule has 20 heavy (non-hydrogen) atoms. The van der Waals surface area contributed by atoms with Crippen molar-refractivity contribution in [3.63, 3.8) is 0 Å². The van der Waals surface area contributed by atoms with Gasteiger partial charge in [-0.3, -0.25) is 0 Å². The number of ether oxygens (including phenoxy) is 1. The normalized spacial score (nSPS) is 11.8. The summed E-state index contributed by atoms with van der Waals surface area (Å²) < 4.78 is 4.63. The van der Waals surface area contributed by atoms with Crippen molar-refractivity contribution < 1.29 is 4.74 Å². The van der Waals surface area contributed by atoms with Crippen LogP contribution in [0.15, 0.2) is 12.2 Å². The Morgan fingerprint density at radius 2 is 1.30 bits per heavy atom. The van der Waals surface area contributed by atoms with Gasteiger partial charge in [-0.25, -0.2) is 0 Å². The molecule has 5 heteroatoms. The maximum Gasteiger partial charge on any atom is 0.253 e. The second kappa shape index (κ2) is 14.7. The molecule has 120 valence electrons. The van der Waals surface area contributed by atoms with E-state index in [-0.39, 0.29) is 0 Å². The summed E-state index contributed by atoms with van der Waals surface area (Å²) in [5, 5.41) is 0. The highest BCUT2D eigenvalue weighted by atomic mass is 127. The molecule has 0 bridgehead atoms. The Bertz CT molecular complexity index is 242. The van der Waals surface area contributed by atoms with Gasteiger partial charge in [-0.2, -0.15) is 0 Å². The molecular formula is C15H29I3OSi. The van der Waals surface area contributed by atoms with Gasteiger partial charge in [0, 0.05) is 6.61 Å². The van der Waals surface area contributed by atoms with Crippen LogP contribution in [0.1, 0.15) is 64.7 Å². The minimum atomic E-state index is -0.869. The summed E-state index contributed by atoms with van der Waals surface area (Å²) in [6.45, 7) is 7.49. The van der Waals surface area contributed by atoms with E-state index in [1.165, 1.54) is 63.8 Å². The van der Waals surface area contributed by atoms with Gasteiger partial charge in [-0.15, -0.1) is 0 Å². The van der Waals surface area contributed by atoms with Crippen LogP contribution in [-0.2, 0) is 4.74 Å². The molecule has 0 aliphatic carbocycles. The fourth-order valence-electron chi connectivity index (χ4n) is 2.01. The van der Waals surface area contributed by atoms with E-state index >= 15 is 0 Å². The first-order valence-electron chi connectivity index (χ1n) is 7.70. The fraction of sp³-hybridized carbons (Fsp3) is 0.867. The average Bonchev–Trinajstić information content (AvgIpc) is 2.33. The fourth-order valence-corrected chi connectivity index (χ4v) is 6.10. The molecule has 0 heterocycles. The molecule has 0 saturated heterocycles. The molecule has 0 rings (SSSR count). The minimum Gasteiger partial charge on any atom is -0.377 e. The highest BCUT2D eigenvalue weighted by molar-refractivity contribution is 14.4.